The van der Waals surface area contributed by atoms with Crippen LogP contribution in [0.3, 0.4) is 0 Å². The molecule has 3 aliphatic rings. The fraction of sp³-hybridized carbons (Fsp3) is 1.00. The molecule has 5 nitrogen and oxygen atoms in total. The second kappa shape index (κ2) is 6.30. The lowest BCUT2D eigenvalue weighted by atomic mass is 10.1. The minimum atomic E-state index is -3.08. The summed E-state index contributed by atoms with van der Waals surface area (Å²) in [5.41, 5.74) is 0. The maximum absolute atomic E-state index is 12.4. The molecule has 0 bridgehead atoms. The van der Waals surface area contributed by atoms with Crippen molar-refractivity contribution < 1.29 is 13.2 Å². The predicted octanol–water partition coefficient (Wildman–Crippen LogP) is 0.817. The van der Waals surface area contributed by atoms with E-state index in [0.29, 0.717) is 32.3 Å². The molecule has 1 unspecified atom stereocenters. The van der Waals surface area contributed by atoms with Gasteiger partial charge in [-0.05, 0) is 50.5 Å². The molecule has 0 spiro atoms. The highest BCUT2D eigenvalue weighted by molar-refractivity contribution is 7.89. The van der Waals surface area contributed by atoms with Crippen LogP contribution in [0.5, 0.6) is 0 Å². The number of hydrogen-bond acceptors (Lipinski definition) is 4. The Bertz CT molecular complexity index is 408. The number of hydrogen-bond donors (Lipinski definition) is 1. The summed E-state index contributed by atoms with van der Waals surface area (Å²) in [5.74, 6) is 1.36. The van der Waals surface area contributed by atoms with Crippen LogP contribution in [0.2, 0.25) is 0 Å². The van der Waals surface area contributed by atoms with E-state index in [4.69, 9.17) is 4.74 Å². The molecule has 0 aromatic heterocycles. The summed E-state index contributed by atoms with van der Waals surface area (Å²) in [6, 6.07) is 0.511. The van der Waals surface area contributed by atoms with E-state index in [-0.39, 0.29) is 11.7 Å². The SMILES string of the molecule is O=S(=O)(CC1CCOC1)N1CCC(NCC2CC2)CC1. The van der Waals surface area contributed by atoms with Crippen molar-refractivity contribution in [2.45, 2.75) is 38.1 Å². The largest absolute Gasteiger partial charge is 0.381 e. The Morgan fingerprint density at radius 1 is 1.05 bits per heavy atom. The van der Waals surface area contributed by atoms with Gasteiger partial charge in [0.05, 0.1) is 12.4 Å². The number of nitrogens with one attached hydrogen (secondary N) is 1. The molecule has 0 radical (unpaired) electrons. The van der Waals surface area contributed by atoms with Gasteiger partial charge in [-0.25, -0.2) is 12.7 Å². The van der Waals surface area contributed by atoms with Gasteiger partial charge < -0.3 is 10.1 Å². The summed E-state index contributed by atoms with van der Waals surface area (Å²) in [7, 11) is -3.08. The van der Waals surface area contributed by atoms with Crippen LogP contribution < -0.4 is 5.32 Å². The van der Waals surface area contributed by atoms with Gasteiger partial charge in [0.25, 0.3) is 0 Å². The van der Waals surface area contributed by atoms with Gasteiger partial charge in [-0.15, -0.1) is 0 Å². The van der Waals surface area contributed by atoms with E-state index in [2.05, 4.69) is 5.32 Å². The van der Waals surface area contributed by atoms with Gasteiger partial charge >= 0.3 is 0 Å². The van der Waals surface area contributed by atoms with E-state index >= 15 is 0 Å². The Morgan fingerprint density at radius 3 is 2.40 bits per heavy atom. The van der Waals surface area contributed by atoms with Crippen LogP contribution >= 0.6 is 0 Å². The Morgan fingerprint density at radius 2 is 1.80 bits per heavy atom. The van der Waals surface area contributed by atoms with Crippen LogP contribution in [0.25, 0.3) is 0 Å². The zero-order valence-corrected chi connectivity index (χ0v) is 12.9. The second-order valence-electron chi connectivity index (χ2n) is 6.53. The lowest BCUT2D eigenvalue weighted by Crippen LogP contribution is -2.46. The highest BCUT2D eigenvalue weighted by Crippen LogP contribution is 2.28. The zero-order chi connectivity index (χ0) is 14.0. The van der Waals surface area contributed by atoms with Gasteiger partial charge in [0.1, 0.15) is 0 Å². The first-order valence-electron chi connectivity index (χ1n) is 7.92. The van der Waals surface area contributed by atoms with Crippen molar-refractivity contribution in [3.8, 4) is 0 Å². The molecule has 2 saturated heterocycles. The first-order chi connectivity index (χ1) is 9.63. The number of sulfonamides is 1. The van der Waals surface area contributed by atoms with E-state index in [1.807, 2.05) is 0 Å². The van der Waals surface area contributed by atoms with Gasteiger partial charge in [-0.1, -0.05) is 0 Å². The zero-order valence-electron chi connectivity index (χ0n) is 12.1. The molecule has 0 aromatic rings. The van der Waals surface area contributed by atoms with Crippen molar-refractivity contribution in [3.05, 3.63) is 0 Å². The van der Waals surface area contributed by atoms with Crippen LogP contribution in [-0.4, -0.2) is 57.4 Å². The van der Waals surface area contributed by atoms with E-state index in [1.54, 1.807) is 4.31 Å². The maximum atomic E-state index is 12.4. The standard InChI is InChI=1S/C14H26N2O3S/c17-20(18,11-13-5-8-19-10-13)16-6-3-14(4-7-16)15-9-12-1-2-12/h12-15H,1-11H2. The van der Waals surface area contributed by atoms with E-state index in [9.17, 15) is 8.42 Å². The van der Waals surface area contributed by atoms with Gasteiger partial charge in [0.2, 0.25) is 10.0 Å². The van der Waals surface area contributed by atoms with Crippen molar-refractivity contribution in [1.82, 2.24) is 9.62 Å². The number of ether oxygens (including phenoxy) is 1. The van der Waals surface area contributed by atoms with Crippen LogP contribution in [0.1, 0.15) is 32.1 Å². The van der Waals surface area contributed by atoms with E-state index in [0.717, 1.165) is 31.7 Å². The number of nitrogens with zero attached hydrogens (tertiary/aromatic N) is 1. The molecule has 3 rings (SSSR count). The van der Waals surface area contributed by atoms with Crippen molar-refractivity contribution >= 4 is 10.0 Å². The molecule has 3 fully saturated rings. The Hall–Kier alpha value is -0.170. The smallest absolute Gasteiger partial charge is 0.214 e. The fourth-order valence-electron chi connectivity index (χ4n) is 3.11. The molecule has 116 valence electrons. The average Bonchev–Trinajstić information content (AvgIpc) is 3.14. The van der Waals surface area contributed by atoms with Crippen LogP contribution in [-0.2, 0) is 14.8 Å². The van der Waals surface area contributed by atoms with E-state index in [1.165, 1.54) is 12.8 Å². The molecule has 1 N–H and O–H groups in total. The fourth-order valence-corrected chi connectivity index (χ4v) is 4.95. The molecule has 20 heavy (non-hydrogen) atoms. The average molecular weight is 302 g/mol. The molecular formula is C14H26N2O3S. The summed E-state index contributed by atoms with van der Waals surface area (Å²) in [5, 5.41) is 3.59. The third-order valence-electron chi connectivity index (χ3n) is 4.71. The lowest BCUT2D eigenvalue weighted by Gasteiger charge is -2.32. The van der Waals surface area contributed by atoms with Crippen molar-refractivity contribution in [1.29, 1.82) is 0 Å². The first-order valence-corrected chi connectivity index (χ1v) is 9.53. The van der Waals surface area contributed by atoms with Crippen molar-refractivity contribution in [2.24, 2.45) is 11.8 Å². The third kappa shape index (κ3) is 3.93. The topological polar surface area (TPSA) is 58.6 Å². The van der Waals surface area contributed by atoms with Gasteiger partial charge in [-0.2, -0.15) is 0 Å². The highest BCUT2D eigenvalue weighted by atomic mass is 32.2. The molecule has 0 aromatic carbocycles. The number of rotatable bonds is 6. The normalized spacial score (nSPS) is 29.9. The second-order valence-corrected chi connectivity index (χ2v) is 8.55. The highest BCUT2D eigenvalue weighted by Gasteiger charge is 2.32. The molecule has 1 atom stereocenters. The maximum Gasteiger partial charge on any atom is 0.214 e. The molecule has 1 saturated carbocycles. The quantitative estimate of drug-likeness (QED) is 0.789. The van der Waals surface area contributed by atoms with Gasteiger partial charge in [0, 0.05) is 25.7 Å². The molecule has 1 aliphatic carbocycles. The Kier molecular flexibility index (Phi) is 4.65. The Labute approximate surface area is 122 Å². The lowest BCUT2D eigenvalue weighted by molar-refractivity contribution is 0.188. The monoisotopic (exact) mass is 302 g/mol. The van der Waals surface area contributed by atoms with E-state index < -0.39 is 10.0 Å². The number of piperidine rings is 1. The molecular weight excluding hydrogens is 276 g/mol. The molecule has 0 amide bonds. The molecule has 6 heteroatoms. The van der Waals surface area contributed by atoms with Crippen LogP contribution in [0.4, 0.5) is 0 Å². The summed E-state index contributed by atoms with van der Waals surface area (Å²) in [6.07, 6.45) is 5.52. The summed E-state index contributed by atoms with van der Waals surface area (Å²) in [6.45, 7) is 3.80. The van der Waals surface area contributed by atoms with Crippen molar-refractivity contribution in [3.63, 3.8) is 0 Å². The first kappa shape index (κ1) is 14.8. The molecule has 2 aliphatic heterocycles. The minimum absolute atomic E-state index is 0.200. The minimum Gasteiger partial charge on any atom is -0.381 e. The van der Waals surface area contributed by atoms with Gasteiger partial charge in [-0.3, -0.25) is 0 Å². The summed E-state index contributed by atoms with van der Waals surface area (Å²) >= 11 is 0. The summed E-state index contributed by atoms with van der Waals surface area (Å²) < 4.78 is 31.7. The predicted molar refractivity (Wildman–Crippen MR) is 78.0 cm³/mol. The molecule has 2 heterocycles. The summed E-state index contributed by atoms with van der Waals surface area (Å²) in [4.78, 5) is 0. The third-order valence-corrected chi connectivity index (χ3v) is 6.75. The van der Waals surface area contributed by atoms with Gasteiger partial charge in [0.15, 0.2) is 0 Å². The Balaban J connectivity index is 1.43. The van der Waals surface area contributed by atoms with Crippen LogP contribution in [0, 0.1) is 11.8 Å². The van der Waals surface area contributed by atoms with Crippen LogP contribution in [0.15, 0.2) is 0 Å². The van der Waals surface area contributed by atoms with Crippen molar-refractivity contribution in [2.75, 3.05) is 38.6 Å².